The van der Waals surface area contributed by atoms with Crippen molar-refractivity contribution in [1.82, 2.24) is 0 Å². The molecule has 0 saturated heterocycles. The lowest BCUT2D eigenvalue weighted by Gasteiger charge is -2.33. The van der Waals surface area contributed by atoms with Crippen molar-refractivity contribution in [3.05, 3.63) is 34.2 Å². The van der Waals surface area contributed by atoms with Gasteiger partial charge in [0.2, 0.25) is 0 Å². The van der Waals surface area contributed by atoms with Crippen molar-refractivity contribution in [2.45, 2.75) is 24.3 Å². The smallest absolute Gasteiger partial charge is 0.160 e. The van der Waals surface area contributed by atoms with E-state index in [-0.39, 0.29) is 0 Å². The molecule has 1 heterocycles. The lowest BCUT2D eigenvalue weighted by Crippen LogP contribution is -2.14. The summed E-state index contributed by atoms with van der Waals surface area (Å²) in [5.41, 5.74) is -2.65. The van der Waals surface area contributed by atoms with Crippen LogP contribution in [0.3, 0.4) is 0 Å². The maximum absolute atomic E-state index is 13.2. The molecule has 1 aliphatic heterocycles. The molecule has 0 bridgehead atoms. The van der Waals surface area contributed by atoms with Gasteiger partial charge in [-0.3, -0.25) is 0 Å². The van der Waals surface area contributed by atoms with E-state index in [9.17, 15) is 13.2 Å². The molecule has 1 unspecified atom stereocenters. The van der Waals surface area contributed by atoms with Gasteiger partial charge in [-0.15, -0.1) is 0 Å². The second-order valence-corrected chi connectivity index (χ2v) is 9.26. The molecule has 0 fully saturated rings. The highest BCUT2D eigenvalue weighted by Crippen LogP contribution is 2.80. The maximum Gasteiger partial charge on any atom is 0.442 e. The summed E-state index contributed by atoms with van der Waals surface area (Å²) >= 11 is 2.95. The minimum Gasteiger partial charge on any atom is -0.160 e. The number of aryl methyl sites for hydroxylation is 1. The van der Waals surface area contributed by atoms with Crippen molar-refractivity contribution in [1.29, 1.82) is 0 Å². The molecule has 1 aromatic rings. The topological polar surface area (TPSA) is 0 Å². The van der Waals surface area contributed by atoms with Crippen LogP contribution in [0.2, 0.25) is 0 Å². The van der Waals surface area contributed by atoms with Crippen molar-refractivity contribution in [3.63, 3.8) is 0 Å². The maximum atomic E-state index is 13.2. The van der Waals surface area contributed by atoms with Crippen molar-refractivity contribution in [2.75, 3.05) is 0 Å². The van der Waals surface area contributed by atoms with Crippen molar-refractivity contribution >= 4 is 29.4 Å². The van der Waals surface area contributed by atoms with Crippen LogP contribution in [0.4, 0.5) is 13.2 Å². The zero-order valence-electron chi connectivity index (χ0n) is 8.73. The van der Waals surface area contributed by atoms with Gasteiger partial charge in [0.15, 0.2) is 0 Å². The number of benzene rings is 1. The SMILES string of the molecule is CC1=Cc2c(C)cccc2S1(Br)C(F)(F)F. The van der Waals surface area contributed by atoms with Gasteiger partial charge in [-0.25, -0.2) is 0 Å². The molecular weight excluding hydrogens is 301 g/mol. The van der Waals surface area contributed by atoms with E-state index in [2.05, 4.69) is 14.8 Å². The molecule has 0 radical (unpaired) electrons. The van der Waals surface area contributed by atoms with Gasteiger partial charge in [0.1, 0.15) is 0 Å². The van der Waals surface area contributed by atoms with Crippen molar-refractivity contribution < 1.29 is 13.2 Å². The Labute approximate surface area is 101 Å². The van der Waals surface area contributed by atoms with Gasteiger partial charge in [0, 0.05) is 4.90 Å². The minimum atomic E-state index is -4.24. The largest absolute Gasteiger partial charge is 0.442 e. The van der Waals surface area contributed by atoms with Crippen molar-refractivity contribution in [2.24, 2.45) is 0 Å². The molecule has 16 heavy (non-hydrogen) atoms. The van der Waals surface area contributed by atoms with Gasteiger partial charge in [-0.2, -0.15) is 13.2 Å². The van der Waals surface area contributed by atoms with E-state index in [1.807, 2.05) is 13.0 Å². The molecular formula is C11H10BrF3S. The van der Waals surface area contributed by atoms with Gasteiger partial charge < -0.3 is 0 Å². The Balaban J connectivity index is 2.72. The molecule has 5 heteroatoms. The fourth-order valence-electron chi connectivity index (χ4n) is 1.85. The number of fused-ring (bicyclic) bond motifs is 1. The predicted molar refractivity (Wildman–Crippen MR) is 65.7 cm³/mol. The van der Waals surface area contributed by atoms with E-state index in [0.29, 0.717) is 15.4 Å². The van der Waals surface area contributed by atoms with Crippen LogP contribution in [0.25, 0.3) is 6.08 Å². The highest BCUT2D eigenvalue weighted by atomic mass is 79.9. The molecule has 0 amide bonds. The molecule has 0 aliphatic carbocycles. The summed E-state index contributed by atoms with van der Waals surface area (Å²) in [6.45, 7) is 3.37. The lowest BCUT2D eigenvalue weighted by atomic mass is 10.1. The third-order valence-corrected chi connectivity index (χ3v) is 8.98. The Bertz CT molecular complexity index is 479. The average Bonchev–Trinajstić information content (AvgIpc) is 2.43. The number of allylic oxidation sites excluding steroid dienone is 1. The van der Waals surface area contributed by atoms with Gasteiger partial charge in [0.05, 0.1) is 0 Å². The van der Waals surface area contributed by atoms with Crippen LogP contribution >= 0.6 is 23.3 Å². The highest BCUT2D eigenvalue weighted by molar-refractivity contribution is 9.59. The van der Waals surface area contributed by atoms with E-state index in [0.717, 1.165) is 5.56 Å². The quantitative estimate of drug-likeness (QED) is 0.605. The fraction of sp³-hybridized carbons (Fsp3) is 0.273. The second kappa shape index (κ2) is 3.53. The Morgan fingerprint density at radius 1 is 1.19 bits per heavy atom. The molecule has 1 atom stereocenters. The molecule has 88 valence electrons. The average molecular weight is 311 g/mol. The van der Waals surface area contributed by atoms with Crippen LogP contribution in [-0.2, 0) is 0 Å². The van der Waals surface area contributed by atoms with Gasteiger partial charge in [0.25, 0.3) is 0 Å². The van der Waals surface area contributed by atoms with E-state index in [1.165, 1.54) is 6.92 Å². The van der Waals surface area contributed by atoms with Crippen LogP contribution in [-0.4, -0.2) is 5.51 Å². The minimum absolute atomic E-state index is 0.365. The van der Waals surface area contributed by atoms with E-state index in [4.69, 9.17) is 0 Å². The molecule has 1 aromatic carbocycles. The van der Waals surface area contributed by atoms with Gasteiger partial charge >= 0.3 is 5.51 Å². The first-order valence-electron chi connectivity index (χ1n) is 4.65. The fourth-order valence-corrected chi connectivity index (χ4v) is 5.01. The van der Waals surface area contributed by atoms with E-state index in [1.54, 1.807) is 18.2 Å². The summed E-state index contributed by atoms with van der Waals surface area (Å²) in [5.74, 6) is 0. The van der Waals surface area contributed by atoms with Crippen LogP contribution in [0.15, 0.2) is 28.0 Å². The number of rotatable bonds is 0. The summed E-state index contributed by atoms with van der Waals surface area (Å²) in [4.78, 5) is 0.738. The third-order valence-electron chi connectivity index (χ3n) is 2.70. The highest BCUT2D eigenvalue weighted by Gasteiger charge is 2.54. The molecule has 0 N–H and O–H groups in total. The molecule has 0 saturated carbocycles. The molecule has 0 aromatic heterocycles. The zero-order chi connectivity index (χ0) is 12.1. The van der Waals surface area contributed by atoms with Crippen LogP contribution in [0.5, 0.6) is 0 Å². The summed E-state index contributed by atoms with van der Waals surface area (Å²) in [6, 6.07) is 5.07. The molecule has 1 aliphatic rings. The van der Waals surface area contributed by atoms with Crippen LogP contribution in [0.1, 0.15) is 18.1 Å². The monoisotopic (exact) mass is 310 g/mol. The molecule has 2 rings (SSSR count). The second-order valence-electron chi connectivity index (χ2n) is 3.73. The van der Waals surface area contributed by atoms with Gasteiger partial charge in [-0.05, 0) is 65.3 Å². The summed E-state index contributed by atoms with van der Waals surface area (Å²) < 4.78 is 39.5. The van der Waals surface area contributed by atoms with E-state index < -0.39 is 14.0 Å². The summed E-state index contributed by atoms with van der Waals surface area (Å²) in [5, 5.41) is 0. The third kappa shape index (κ3) is 1.44. The standard InChI is InChI=1S/C11H10BrF3S/c1-7-4-3-5-10-9(7)6-8(2)16(10,12)11(13,14)15/h3-6H,1-2H3. The Hall–Kier alpha value is -0.420. The number of alkyl halides is 3. The normalized spacial score (nSPS) is 28.2. The summed E-state index contributed by atoms with van der Waals surface area (Å²) in [7, 11) is -3.01. The van der Waals surface area contributed by atoms with E-state index >= 15 is 0 Å². The Morgan fingerprint density at radius 2 is 1.81 bits per heavy atom. The number of hydrogen-bond acceptors (Lipinski definition) is 0. The Kier molecular flexibility index (Phi) is 2.66. The van der Waals surface area contributed by atoms with Crippen LogP contribution < -0.4 is 0 Å². The number of hydrogen-bond donors (Lipinski definition) is 0. The number of halogens is 4. The zero-order valence-corrected chi connectivity index (χ0v) is 11.1. The molecule has 0 spiro atoms. The lowest BCUT2D eigenvalue weighted by molar-refractivity contribution is -0.0355. The predicted octanol–water partition coefficient (Wildman–Crippen LogP) is 5.36. The Morgan fingerprint density at radius 3 is 2.38 bits per heavy atom. The first kappa shape index (κ1) is 12.0. The van der Waals surface area contributed by atoms with Gasteiger partial charge in [-0.1, -0.05) is 12.1 Å². The first-order valence-corrected chi connectivity index (χ1v) is 8.13. The molecule has 0 nitrogen and oxygen atoms in total. The van der Waals surface area contributed by atoms with Crippen molar-refractivity contribution in [3.8, 4) is 0 Å². The first-order chi connectivity index (χ1) is 7.28. The van der Waals surface area contributed by atoms with Crippen LogP contribution in [0, 0.1) is 6.92 Å². The summed E-state index contributed by atoms with van der Waals surface area (Å²) in [6.07, 6.45) is 1.64.